The summed E-state index contributed by atoms with van der Waals surface area (Å²) in [7, 11) is 0. The summed E-state index contributed by atoms with van der Waals surface area (Å²) in [4.78, 5) is 15.6. The summed E-state index contributed by atoms with van der Waals surface area (Å²) in [5.74, 6) is -0.0711. The smallest absolute Gasteiger partial charge is 0.311 e. The molecule has 3 aliphatic carbocycles. The summed E-state index contributed by atoms with van der Waals surface area (Å²) in [5, 5.41) is 22.6. The highest BCUT2D eigenvalue weighted by molar-refractivity contribution is 5.76. The summed E-state index contributed by atoms with van der Waals surface area (Å²) in [6.07, 6.45) is 9.39. The standard InChI is InChI=1S/C30H43NO4/c1-20-10-9-14-23-16-26-27(28(33)30(20,23)2)24(29(34)35-26)19-31(17-21-11-5-3-6-12-21)18-22-13-7-4-8-15-25(22)32/h3,5-6,11-12,14,20,22,24-28,32-33H,4,7-10,13,15-19H2,1-2H3. The molecule has 4 aliphatic rings. The van der Waals surface area contributed by atoms with Gasteiger partial charge in [0.25, 0.3) is 0 Å². The summed E-state index contributed by atoms with van der Waals surface area (Å²) in [6, 6.07) is 10.4. The average Bonchev–Trinajstić information content (AvgIpc) is 3.00. The molecule has 0 aromatic heterocycles. The molecule has 3 fully saturated rings. The van der Waals surface area contributed by atoms with Crippen LogP contribution in [0.25, 0.3) is 0 Å². The van der Waals surface area contributed by atoms with Crippen LogP contribution in [0, 0.1) is 29.1 Å². The van der Waals surface area contributed by atoms with Crippen molar-refractivity contribution in [1.29, 1.82) is 0 Å². The van der Waals surface area contributed by atoms with Gasteiger partial charge in [-0.3, -0.25) is 9.69 Å². The molecule has 1 heterocycles. The number of fused-ring (bicyclic) bond motifs is 2. The fourth-order valence-electron chi connectivity index (χ4n) is 7.51. The first kappa shape index (κ1) is 25.0. The van der Waals surface area contributed by atoms with E-state index in [1.807, 2.05) is 6.07 Å². The number of aliphatic hydroxyl groups is 2. The highest BCUT2D eigenvalue weighted by atomic mass is 16.6. The SMILES string of the molecule is CC1CCC=C2CC3OC(=O)C(CN(Cc4ccccc4)CC4CCCCCC4O)C3C(O)C21C. The molecule has 0 radical (unpaired) electrons. The van der Waals surface area contributed by atoms with E-state index in [4.69, 9.17) is 4.74 Å². The van der Waals surface area contributed by atoms with E-state index in [9.17, 15) is 15.0 Å². The lowest BCUT2D eigenvalue weighted by Crippen LogP contribution is -2.54. The summed E-state index contributed by atoms with van der Waals surface area (Å²) >= 11 is 0. The first-order valence-corrected chi connectivity index (χ1v) is 13.9. The molecule has 1 aromatic carbocycles. The zero-order valence-corrected chi connectivity index (χ0v) is 21.4. The Morgan fingerprint density at radius 3 is 2.63 bits per heavy atom. The minimum Gasteiger partial charge on any atom is -0.461 e. The number of esters is 1. The fourth-order valence-corrected chi connectivity index (χ4v) is 7.51. The van der Waals surface area contributed by atoms with Gasteiger partial charge >= 0.3 is 5.97 Å². The second-order valence-corrected chi connectivity index (χ2v) is 11.9. The molecule has 8 atom stereocenters. The zero-order chi connectivity index (χ0) is 24.6. The van der Waals surface area contributed by atoms with E-state index in [0.717, 1.165) is 58.0 Å². The predicted octanol–water partition coefficient (Wildman–Crippen LogP) is 4.71. The molecule has 192 valence electrons. The Morgan fingerprint density at radius 1 is 1.06 bits per heavy atom. The van der Waals surface area contributed by atoms with Crippen molar-refractivity contribution in [2.45, 2.75) is 90.1 Å². The zero-order valence-electron chi connectivity index (χ0n) is 21.4. The van der Waals surface area contributed by atoms with Gasteiger partial charge in [-0.1, -0.05) is 75.1 Å². The van der Waals surface area contributed by atoms with E-state index in [1.54, 1.807) is 0 Å². The second-order valence-electron chi connectivity index (χ2n) is 11.9. The van der Waals surface area contributed by atoms with Gasteiger partial charge in [-0.15, -0.1) is 0 Å². The predicted molar refractivity (Wildman–Crippen MR) is 136 cm³/mol. The van der Waals surface area contributed by atoms with Gasteiger partial charge < -0.3 is 14.9 Å². The van der Waals surface area contributed by atoms with Crippen LogP contribution >= 0.6 is 0 Å². The van der Waals surface area contributed by atoms with Gasteiger partial charge in [0.2, 0.25) is 0 Å². The average molecular weight is 482 g/mol. The molecule has 5 heteroatoms. The Kier molecular flexibility index (Phi) is 7.39. The molecule has 1 saturated heterocycles. The number of carbonyl (C=O) groups is 1. The van der Waals surface area contributed by atoms with Crippen LogP contribution in [0.2, 0.25) is 0 Å². The summed E-state index contributed by atoms with van der Waals surface area (Å²) in [5.41, 5.74) is 2.20. The molecule has 8 unspecified atom stereocenters. The van der Waals surface area contributed by atoms with Gasteiger partial charge in [0.15, 0.2) is 0 Å². The maximum Gasteiger partial charge on any atom is 0.311 e. The largest absolute Gasteiger partial charge is 0.461 e. The van der Waals surface area contributed by atoms with Gasteiger partial charge in [-0.05, 0) is 43.1 Å². The minimum atomic E-state index is -0.582. The highest BCUT2D eigenvalue weighted by Crippen LogP contribution is 2.56. The Hall–Kier alpha value is -1.69. The number of hydrogen-bond acceptors (Lipinski definition) is 5. The third-order valence-electron chi connectivity index (χ3n) is 9.89. The molecule has 1 aromatic rings. The lowest BCUT2D eigenvalue weighted by Gasteiger charge is -2.52. The van der Waals surface area contributed by atoms with Gasteiger partial charge in [-0.2, -0.15) is 0 Å². The van der Waals surface area contributed by atoms with Crippen LogP contribution in [0.1, 0.15) is 70.8 Å². The van der Waals surface area contributed by atoms with Crippen LogP contribution in [0.5, 0.6) is 0 Å². The van der Waals surface area contributed by atoms with Crippen LogP contribution in [-0.4, -0.2) is 52.5 Å². The molecule has 0 bridgehead atoms. The number of nitrogens with zero attached hydrogens (tertiary/aromatic N) is 1. The first-order chi connectivity index (χ1) is 16.9. The van der Waals surface area contributed by atoms with Crippen LogP contribution in [0.4, 0.5) is 0 Å². The van der Waals surface area contributed by atoms with Crippen molar-refractivity contribution in [1.82, 2.24) is 4.90 Å². The monoisotopic (exact) mass is 481 g/mol. The summed E-state index contributed by atoms with van der Waals surface area (Å²) < 4.78 is 5.94. The molecular weight excluding hydrogens is 438 g/mol. The lowest BCUT2D eigenvalue weighted by molar-refractivity contribution is -0.145. The molecule has 0 amide bonds. The molecule has 5 rings (SSSR count). The molecule has 2 saturated carbocycles. The highest BCUT2D eigenvalue weighted by Gasteiger charge is 2.59. The number of carbonyl (C=O) groups excluding carboxylic acids is 1. The number of rotatable bonds is 6. The van der Waals surface area contributed by atoms with Crippen LogP contribution in [0.3, 0.4) is 0 Å². The number of benzene rings is 1. The van der Waals surface area contributed by atoms with Crippen molar-refractivity contribution in [2.24, 2.45) is 29.1 Å². The molecular formula is C30H43NO4. The van der Waals surface area contributed by atoms with Gasteiger partial charge in [0.05, 0.1) is 18.1 Å². The number of aliphatic hydroxyl groups excluding tert-OH is 2. The maximum absolute atomic E-state index is 13.2. The molecule has 2 N–H and O–H groups in total. The number of allylic oxidation sites excluding steroid dienone is 1. The van der Waals surface area contributed by atoms with Crippen molar-refractivity contribution in [2.75, 3.05) is 13.1 Å². The van der Waals surface area contributed by atoms with Crippen LogP contribution < -0.4 is 0 Å². The van der Waals surface area contributed by atoms with Gasteiger partial charge in [-0.25, -0.2) is 0 Å². The molecule has 1 aliphatic heterocycles. The normalized spacial score (nSPS) is 39.4. The van der Waals surface area contributed by atoms with Crippen LogP contribution in [0.15, 0.2) is 42.0 Å². The molecule has 0 spiro atoms. The van der Waals surface area contributed by atoms with Crippen molar-refractivity contribution in [3.8, 4) is 0 Å². The van der Waals surface area contributed by atoms with E-state index in [-0.39, 0.29) is 41.3 Å². The second kappa shape index (κ2) is 10.4. The Morgan fingerprint density at radius 2 is 1.83 bits per heavy atom. The Labute approximate surface area is 210 Å². The van der Waals surface area contributed by atoms with Gasteiger partial charge in [0.1, 0.15) is 6.10 Å². The third kappa shape index (κ3) is 4.84. The Bertz CT molecular complexity index is 916. The quantitative estimate of drug-likeness (QED) is 0.350. The minimum absolute atomic E-state index is 0.158. The van der Waals surface area contributed by atoms with Gasteiger partial charge in [0, 0.05) is 37.4 Å². The van der Waals surface area contributed by atoms with E-state index in [0.29, 0.717) is 12.5 Å². The first-order valence-electron chi connectivity index (χ1n) is 13.9. The fraction of sp³-hybridized carbons (Fsp3) is 0.700. The molecule has 5 nitrogen and oxygen atoms in total. The number of hydrogen-bond donors (Lipinski definition) is 2. The third-order valence-corrected chi connectivity index (χ3v) is 9.89. The van der Waals surface area contributed by atoms with E-state index >= 15 is 0 Å². The van der Waals surface area contributed by atoms with Crippen molar-refractivity contribution in [3.05, 3.63) is 47.5 Å². The van der Waals surface area contributed by atoms with Crippen molar-refractivity contribution in [3.63, 3.8) is 0 Å². The topological polar surface area (TPSA) is 70.0 Å². The van der Waals surface area contributed by atoms with Crippen molar-refractivity contribution >= 4 is 5.97 Å². The van der Waals surface area contributed by atoms with E-state index in [1.165, 1.54) is 17.6 Å². The summed E-state index contributed by atoms with van der Waals surface area (Å²) in [6.45, 7) is 6.52. The molecule has 35 heavy (non-hydrogen) atoms. The van der Waals surface area contributed by atoms with Crippen molar-refractivity contribution < 1.29 is 19.7 Å². The number of ether oxygens (including phenoxy) is 1. The lowest BCUT2D eigenvalue weighted by atomic mass is 9.55. The van der Waals surface area contributed by atoms with E-state index < -0.39 is 6.10 Å². The van der Waals surface area contributed by atoms with E-state index in [2.05, 4.69) is 49.1 Å². The van der Waals surface area contributed by atoms with Crippen LogP contribution in [-0.2, 0) is 16.1 Å². The maximum atomic E-state index is 13.2. The Balaban J connectivity index is 1.39.